The number of amidine groups is 1. The summed E-state index contributed by atoms with van der Waals surface area (Å²) >= 11 is 0. The predicted octanol–water partition coefficient (Wildman–Crippen LogP) is 6.37. The zero-order valence-electron chi connectivity index (χ0n) is 18.8. The number of rotatable bonds is 6. The van der Waals surface area contributed by atoms with Crippen LogP contribution in [0.4, 0.5) is 14.5 Å². The summed E-state index contributed by atoms with van der Waals surface area (Å²) < 4.78 is 31.3. The Kier molecular flexibility index (Phi) is 6.96. The summed E-state index contributed by atoms with van der Waals surface area (Å²) in [6.45, 7) is 4.31. The Labute approximate surface area is 196 Å². The topological polar surface area (TPSA) is 84.9 Å². The lowest BCUT2D eigenvalue weighted by Crippen LogP contribution is -2.15. The third kappa shape index (κ3) is 5.83. The summed E-state index contributed by atoms with van der Waals surface area (Å²) in [5, 5.41) is 3.20. The highest BCUT2D eigenvalue weighted by atomic mass is 19.3. The summed E-state index contributed by atoms with van der Waals surface area (Å²) in [7, 11) is 0. The van der Waals surface area contributed by atoms with E-state index < -0.39 is 6.43 Å². The largest absolute Gasteiger partial charge is 0.457 e. The molecule has 6 nitrogen and oxygen atoms in total. The van der Waals surface area contributed by atoms with E-state index in [2.05, 4.69) is 58.4 Å². The molecule has 2 heterocycles. The van der Waals surface area contributed by atoms with Gasteiger partial charge in [0, 0.05) is 18.0 Å². The first-order valence-corrected chi connectivity index (χ1v) is 10.9. The van der Waals surface area contributed by atoms with E-state index in [1.807, 2.05) is 12.2 Å². The number of nitrogens with zero attached hydrogens (tertiary/aromatic N) is 3. The number of guanidine groups is 1. The predicted molar refractivity (Wildman–Crippen MR) is 131 cm³/mol. The van der Waals surface area contributed by atoms with Crippen molar-refractivity contribution in [3.05, 3.63) is 95.8 Å². The lowest BCUT2D eigenvalue weighted by atomic mass is 9.99. The Morgan fingerprint density at radius 3 is 2.38 bits per heavy atom. The minimum Gasteiger partial charge on any atom is -0.457 e. The van der Waals surface area contributed by atoms with Gasteiger partial charge in [-0.2, -0.15) is 4.99 Å². The van der Waals surface area contributed by atoms with Gasteiger partial charge < -0.3 is 15.8 Å². The quantitative estimate of drug-likeness (QED) is 0.447. The Balaban J connectivity index is 1.42. The molecular weight excluding hydrogens is 436 g/mol. The van der Waals surface area contributed by atoms with Crippen LogP contribution in [0.1, 0.15) is 49.1 Å². The van der Waals surface area contributed by atoms with Gasteiger partial charge in [0.15, 0.2) is 0 Å². The lowest BCUT2D eigenvalue weighted by molar-refractivity contribution is 0.145. The first-order chi connectivity index (χ1) is 16.4. The average molecular weight is 462 g/mol. The maximum atomic E-state index is 12.8. The van der Waals surface area contributed by atoms with Crippen LogP contribution in [0.5, 0.6) is 11.5 Å². The number of aromatic nitrogens is 1. The Morgan fingerprint density at radius 1 is 0.971 bits per heavy atom. The van der Waals surface area contributed by atoms with Crippen molar-refractivity contribution in [2.24, 2.45) is 15.7 Å². The number of pyridine rings is 1. The van der Waals surface area contributed by atoms with E-state index in [9.17, 15) is 8.78 Å². The van der Waals surface area contributed by atoms with Crippen LogP contribution < -0.4 is 15.8 Å². The molecule has 174 valence electrons. The van der Waals surface area contributed by atoms with Crippen molar-refractivity contribution in [1.29, 1.82) is 0 Å². The molecule has 0 saturated carbocycles. The van der Waals surface area contributed by atoms with Crippen LogP contribution in [-0.2, 0) is 0 Å². The molecule has 0 aliphatic carbocycles. The molecule has 1 aliphatic heterocycles. The van der Waals surface area contributed by atoms with E-state index in [1.165, 1.54) is 23.9 Å². The summed E-state index contributed by atoms with van der Waals surface area (Å²) in [5.74, 6) is 1.98. The van der Waals surface area contributed by atoms with Gasteiger partial charge in [-0.3, -0.25) is 4.98 Å². The van der Waals surface area contributed by atoms with Crippen LogP contribution in [0.2, 0.25) is 0 Å². The fraction of sp³-hybridized carbons (Fsp3) is 0.192. The van der Waals surface area contributed by atoms with Gasteiger partial charge in [-0.25, -0.2) is 13.8 Å². The summed E-state index contributed by atoms with van der Waals surface area (Å²) in [5.41, 5.74) is 8.76. The second kappa shape index (κ2) is 10.2. The minimum atomic E-state index is -2.65. The highest BCUT2D eigenvalue weighted by molar-refractivity contribution is 6.09. The number of nitrogens with one attached hydrogen (secondary N) is 1. The number of anilines is 1. The van der Waals surface area contributed by atoms with Gasteiger partial charge >= 0.3 is 0 Å². The summed E-state index contributed by atoms with van der Waals surface area (Å²) in [4.78, 5) is 12.5. The molecule has 0 bridgehead atoms. The number of nitrogens with two attached hydrogens (primary N) is 1. The van der Waals surface area contributed by atoms with E-state index in [1.54, 1.807) is 24.3 Å². The number of aliphatic imine (C=N–C) groups is 2. The van der Waals surface area contributed by atoms with Crippen LogP contribution in [0, 0.1) is 0 Å². The number of hydrogen-bond donors (Lipinski definition) is 2. The van der Waals surface area contributed by atoms with Crippen LogP contribution in [0.15, 0.2) is 89.0 Å². The summed E-state index contributed by atoms with van der Waals surface area (Å²) in [6, 6.07) is 17.9. The van der Waals surface area contributed by atoms with Crippen molar-refractivity contribution >= 4 is 17.5 Å². The van der Waals surface area contributed by atoms with Crippen LogP contribution in [-0.4, -0.2) is 16.8 Å². The maximum absolute atomic E-state index is 12.8. The molecule has 2 aromatic carbocycles. The van der Waals surface area contributed by atoms with Gasteiger partial charge in [0.05, 0.1) is 6.04 Å². The number of halogens is 2. The van der Waals surface area contributed by atoms with Gasteiger partial charge in [0.2, 0.25) is 5.96 Å². The molecule has 0 saturated heterocycles. The Hall–Kier alpha value is -4.07. The van der Waals surface area contributed by atoms with E-state index >= 15 is 0 Å². The van der Waals surface area contributed by atoms with Crippen molar-refractivity contribution in [1.82, 2.24) is 4.98 Å². The molecule has 0 spiro atoms. The monoisotopic (exact) mass is 461 g/mol. The normalized spacial score (nSPS) is 15.6. The van der Waals surface area contributed by atoms with E-state index in [0.717, 1.165) is 11.3 Å². The SMILES string of the molecule is CC(C)c1ccc(C2C=CC(Nc3ccc(Oc4ccnc(C(F)F)c4)cc3)=NC(N)=N2)cc1. The Morgan fingerprint density at radius 2 is 1.71 bits per heavy atom. The fourth-order valence-electron chi connectivity index (χ4n) is 3.39. The van der Waals surface area contributed by atoms with Gasteiger partial charge in [-0.05, 0) is 53.5 Å². The van der Waals surface area contributed by atoms with Crippen molar-refractivity contribution in [2.45, 2.75) is 32.2 Å². The summed E-state index contributed by atoms with van der Waals surface area (Å²) in [6.07, 6.45) is 2.43. The fourth-order valence-corrected chi connectivity index (χ4v) is 3.39. The first-order valence-electron chi connectivity index (χ1n) is 10.9. The molecule has 3 aromatic rings. The number of ether oxygens (including phenoxy) is 1. The van der Waals surface area contributed by atoms with Crippen molar-refractivity contribution in [3.8, 4) is 11.5 Å². The highest BCUT2D eigenvalue weighted by Crippen LogP contribution is 2.27. The number of hydrogen-bond acceptors (Lipinski definition) is 6. The van der Waals surface area contributed by atoms with Gasteiger partial charge in [0.1, 0.15) is 23.0 Å². The second-order valence-corrected chi connectivity index (χ2v) is 8.08. The lowest BCUT2D eigenvalue weighted by Gasteiger charge is -2.10. The molecule has 0 fully saturated rings. The zero-order chi connectivity index (χ0) is 24.1. The molecule has 1 unspecified atom stereocenters. The van der Waals surface area contributed by atoms with Crippen molar-refractivity contribution in [3.63, 3.8) is 0 Å². The third-order valence-corrected chi connectivity index (χ3v) is 5.23. The number of benzene rings is 2. The molecular formula is C26H25F2N5O. The molecule has 3 N–H and O–H groups in total. The smallest absolute Gasteiger partial charge is 0.280 e. The molecule has 34 heavy (non-hydrogen) atoms. The van der Waals surface area contributed by atoms with Crippen molar-refractivity contribution in [2.75, 3.05) is 5.32 Å². The zero-order valence-corrected chi connectivity index (χ0v) is 18.8. The van der Waals surface area contributed by atoms with E-state index in [-0.39, 0.29) is 17.7 Å². The third-order valence-electron chi connectivity index (χ3n) is 5.23. The van der Waals surface area contributed by atoms with Crippen LogP contribution >= 0.6 is 0 Å². The maximum Gasteiger partial charge on any atom is 0.280 e. The first kappa shape index (κ1) is 23.1. The van der Waals surface area contributed by atoms with Gasteiger partial charge in [0.25, 0.3) is 6.43 Å². The molecule has 1 aromatic heterocycles. The standard InChI is InChI=1S/C26H25F2N5O/c1-16(2)17-3-5-18(6-4-17)22-11-12-24(33-26(29)32-22)31-19-7-9-20(10-8-19)34-21-13-14-30-23(15-21)25(27)28/h3-16,22,25H,1-2H3,(H3,29,31,32,33). The van der Waals surface area contributed by atoms with Crippen LogP contribution in [0.25, 0.3) is 0 Å². The second-order valence-electron chi connectivity index (χ2n) is 8.08. The molecule has 4 rings (SSSR count). The molecule has 1 aliphatic rings. The molecule has 0 amide bonds. The number of alkyl halides is 2. The van der Waals surface area contributed by atoms with Crippen molar-refractivity contribution < 1.29 is 13.5 Å². The Bertz CT molecular complexity index is 1220. The minimum absolute atomic E-state index is 0.179. The van der Waals surface area contributed by atoms with E-state index in [0.29, 0.717) is 23.3 Å². The molecule has 1 atom stereocenters. The molecule has 0 radical (unpaired) electrons. The average Bonchev–Trinajstić information content (AvgIpc) is 3.01. The molecule has 8 heteroatoms. The highest BCUT2D eigenvalue weighted by Gasteiger charge is 2.13. The van der Waals surface area contributed by atoms with E-state index in [4.69, 9.17) is 10.5 Å². The van der Waals surface area contributed by atoms with Gasteiger partial charge in [-0.15, -0.1) is 0 Å². The van der Waals surface area contributed by atoms with Gasteiger partial charge in [-0.1, -0.05) is 44.2 Å². The van der Waals surface area contributed by atoms with Crippen LogP contribution in [0.3, 0.4) is 0 Å².